The second-order valence-electron chi connectivity index (χ2n) is 6.61. The minimum Gasteiger partial charge on any atom is -0.456 e. The van der Waals surface area contributed by atoms with E-state index < -0.39 is 0 Å². The van der Waals surface area contributed by atoms with Gasteiger partial charge in [0.2, 0.25) is 0 Å². The molecule has 136 valence electrons. The number of fused-ring (bicyclic) bond motifs is 2. The Labute approximate surface area is 166 Å². The van der Waals surface area contributed by atoms with Crippen molar-refractivity contribution in [2.45, 2.75) is 6.54 Å². The molecule has 0 bridgehead atoms. The Kier molecular flexibility index (Phi) is 4.18. The normalized spacial score (nSPS) is 11.2. The van der Waals surface area contributed by atoms with Crippen molar-refractivity contribution in [2.24, 2.45) is 0 Å². The lowest BCUT2D eigenvalue weighted by Gasteiger charge is -2.09. The van der Waals surface area contributed by atoms with E-state index in [0.29, 0.717) is 11.7 Å². The van der Waals surface area contributed by atoms with E-state index in [4.69, 9.17) is 16.0 Å². The van der Waals surface area contributed by atoms with Gasteiger partial charge in [0.15, 0.2) is 0 Å². The zero-order valence-corrected chi connectivity index (χ0v) is 15.6. The van der Waals surface area contributed by atoms with Gasteiger partial charge in [-0.25, -0.2) is 4.98 Å². The summed E-state index contributed by atoms with van der Waals surface area (Å²) in [5.74, 6) is 0.824. The van der Waals surface area contributed by atoms with Crippen LogP contribution in [0.5, 0.6) is 0 Å². The largest absolute Gasteiger partial charge is 0.456 e. The van der Waals surface area contributed by atoms with Crippen LogP contribution < -0.4 is 5.32 Å². The summed E-state index contributed by atoms with van der Waals surface area (Å²) in [5, 5.41) is 7.13. The quantitative estimate of drug-likeness (QED) is 0.368. The van der Waals surface area contributed by atoms with Crippen molar-refractivity contribution in [1.29, 1.82) is 0 Å². The molecule has 3 heterocycles. The Morgan fingerprint density at radius 2 is 1.86 bits per heavy atom. The van der Waals surface area contributed by atoms with Crippen molar-refractivity contribution < 1.29 is 4.42 Å². The molecule has 5 rings (SSSR count). The summed E-state index contributed by atoms with van der Waals surface area (Å²) >= 11 is 5.96. The number of nitrogens with zero attached hydrogens (tertiary/aromatic N) is 2. The van der Waals surface area contributed by atoms with Crippen LogP contribution >= 0.6 is 11.6 Å². The smallest absolute Gasteiger partial charge is 0.137 e. The van der Waals surface area contributed by atoms with Crippen molar-refractivity contribution in [2.75, 3.05) is 5.32 Å². The van der Waals surface area contributed by atoms with Gasteiger partial charge < -0.3 is 9.73 Å². The lowest BCUT2D eigenvalue weighted by Crippen LogP contribution is -1.99. The highest BCUT2D eigenvalue weighted by molar-refractivity contribution is 6.29. The van der Waals surface area contributed by atoms with Gasteiger partial charge in [-0.05, 0) is 41.3 Å². The zero-order chi connectivity index (χ0) is 18.9. The van der Waals surface area contributed by atoms with Gasteiger partial charge in [0.1, 0.15) is 16.5 Å². The van der Waals surface area contributed by atoms with E-state index in [1.165, 1.54) is 0 Å². The Bertz CT molecular complexity index is 1260. The van der Waals surface area contributed by atoms with Gasteiger partial charge in [0.05, 0.1) is 0 Å². The van der Waals surface area contributed by atoms with Crippen LogP contribution in [0.3, 0.4) is 0 Å². The number of furan rings is 1. The van der Waals surface area contributed by atoms with Crippen LogP contribution in [0, 0.1) is 0 Å². The number of pyridine rings is 2. The average Bonchev–Trinajstić information content (AvgIpc) is 3.16. The molecular formula is C23H16ClN3O. The monoisotopic (exact) mass is 385 g/mol. The van der Waals surface area contributed by atoms with Crippen molar-refractivity contribution >= 4 is 39.0 Å². The maximum absolute atomic E-state index is 6.07. The lowest BCUT2D eigenvalue weighted by molar-refractivity contribution is 0.632. The SMILES string of the molecule is Clc1cc(NCc2ccc3cncc(-c4cc5ccccc5o4)c3c2)ccn1. The number of anilines is 1. The van der Waals surface area contributed by atoms with E-state index in [2.05, 4.69) is 45.6 Å². The summed E-state index contributed by atoms with van der Waals surface area (Å²) in [6.45, 7) is 0.679. The third-order valence-electron chi connectivity index (χ3n) is 4.74. The first-order chi connectivity index (χ1) is 13.8. The average molecular weight is 386 g/mol. The Morgan fingerprint density at radius 3 is 2.75 bits per heavy atom. The molecule has 3 aromatic heterocycles. The summed E-state index contributed by atoms with van der Waals surface area (Å²) in [7, 11) is 0. The van der Waals surface area contributed by atoms with E-state index in [0.717, 1.165) is 44.3 Å². The molecule has 0 atom stereocenters. The van der Waals surface area contributed by atoms with Gasteiger partial charge in [0.25, 0.3) is 0 Å². The second-order valence-corrected chi connectivity index (χ2v) is 7.00. The van der Waals surface area contributed by atoms with Gasteiger partial charge in [-0.15, -0.1) is 0 Å². The number of aromatic nitrogens is 2. The minimum atomic E-state index is 0.474. The highest BCUT2D eigenvalue weighted by atomic mass is 35.5. The fourth-order valence-corrected chi connectivity index (χ4v) is 3.52. The zero-order valence-electron chi connectivity index (χ0n) is 14.9. The van der Waals surface area contributed by atoms with Crippen LogP contribution in [-0.2, 0) is 6.54 Å². The van der Waals surface area contributed by atoms with Gasteiger partial charge in [-0.1, -0.05) is 41.9 Å². The number of benzene rings is 2. The first-order valence-corrected chi connectivity index (χ1v) is 9.35. The number of hydrogen-bond acceptors (Lipinski definition) is 4. The molecular weight excluding hydrogens is 370 g/mol. The molecule has 0 unspecified atom stereocenters. The summed E-state index contributed by atoms with van der Waals surface area (Å²) in [6, 6.07) is 20.2. The third-order valence-corrected chi connectivity index (χ3v) is 4.95. The maximum Gasteiger partial charge on any atom is 0.137 e. The van der Waals surface area contributed by atoms with Crippen molar-refractivity contribution in [3.8, 4) is 11.3 Å². The molecule has 4 nitrogen and oxygen atoms in total. The molecule has 5 heteroatoms. The molecule has 28 heavy (non-hydrogen) atoms. The minimum absolute atomic E-state index is 0.474. The van der Waals surface area contributed by atoms with Crippen LogP contribution in [0.1, 0.15) is 5.56 Å². The highest BCUT2D eigenvalue weighted by Gasteiger charge is 2.11. The molecule has 0 aliphatic rings. The van der Waals surface area contributed by atoms with E-state index in [9.17, 15) is 0 Å². The van der Waals surface area contributed by atoms with Crippen LogP contribution in [0.2, 0.25) is 5.15 Å². The first kappa shape index (κ1) is 16.8. The molecule has 0 saturated carbocycles. The van der Waals surface area contributed by atoms with E-state index in [1.54, 1.807) is 6.20 Å². The fourth-order valence-electron chi connectivity index (χ4n) is 3.35. The van der Waals surface area contributed by atoms with Crippen LogP contribution in [0.4, 0.5) is 5.69 Å². The summed E-state index contributed by atoms with van der Waals surface area (Å²) in [4.78, 5) is 8.40. The molecule has 0 aliphatic heterocycles. The predicted octanol–water partition coefficient (Wildman–Crippen LogP) is 6.31. The van der Waals surface area contributed by atoms with Gasteiger partial charge >= 0.3 is 0 Å². The van der Waals surface area contributed by atoms with Crippen LogP contribution in [-0.4, -0.2) is 9.97 Å². The number of para-hydroxylation sites is 1. The van der Waals surface area contributed by atoms with Crippen molar-refractivity contribution in [3.63, 3.8) is 0 Å². The van der Waals surface area contributed by atoms with Crippen LogP contribution in [0.15, 0.2) is 83.7 Å². The summed E-state index contributed by atoms with van der Waals surface area (Å²) < 4.78 is 6.07. The second kappa shape index (κ2) is 6.98. The highest BCUT2D eigenvalue weighted by Crippen LogP contribution is 2.32. The van der Waals surface area contributed by atoms with Crippen molar-refractivity contribution in [1.82, 2.24) is 9.97 Å². The maximum atomic E-state index is 6.07. The fraction of sp³-hybridized carbons (Fsp3) is 0.0435. The topological polar surface area (TPSA) is 51.0 Å². The number of hydrogen-bond donors (Lipinski definition) is 1. The summed E-state index contributed by atoms with van der Waals surface area (Å²) in [5.41, 5.74) is 3.96. The standard InChI is InChI=1S/C23H16ClN3O/c24-23-11-18(7-8-26-23)27-12-15-5-6-17-13-25-14-20(19(17)9-15)22-10-16-3-1-2-4-21(16)28-22/h1-11,13-14H,12H2,(H,26,27). The van der Waals surface area contributed by atoms with Crippen LogP contribution in [0.25, 0.3) is 33.1 Å². The Morgan fingerprint density at radius 1 is 0.929 bits per heavy atom. The first-order valence-electron chi connectivity index (χ1n) is 8.97. The molecule has 0 fully saturated rings. The molecule has 0 spiro atoms. The lowest BCUT2D eigenvalue weighted by atomic mass is 10.0. The third kappa shape index (κ3) is 3.19. The van der Waals surface area contributed by atoms with Gasteiger partial charge in [-0.2, -0.15) is 0 Å². The van der Waals surface area contributed by atoms with Gasteiger partial charge in [0, 0.05) is 47.2 Å². The molecule has 0 saturated heterocycles. The number of rotatable bonds is 4. The summed E-state index contributed by atoms with van der Waals surface area (Å²) in [6.07, 6.45) is 5.43. The van der Waals surface area contributed by atoms with E-state index in [-0.39, 0.29) is 0 Å². The van der Waals surface area contributed by atoms with E-state index >= 15 is 0 Å². The van der Waals surface area contributed by atoms with Gasteiger partial charge in [-0.3, -0.25) is 4.98 Å². The van der Waals surface area contributed by atoms with Crippen molar-refractivity contribution in [3.05, 3.63) is 90.0 Å². The number of nitrogens with one attached hydrogen (secondary N) is 1. The molecule has 1 N–H and O–H groups in total. The predicted molar refractivity (Wildman–Crippen MR) is 114 cm³/mol. The molecule has 5 aromatic rings. The molecule has 0 aliphatic carbocycles. The Balaban J connectivity index is 1.52. The molecule has 0 radical (unpaired) electrons. The van der Waals surface area contributed by atoms with E-state index in [1.807, 2.05) is 42.7 Å². The Hall–Kier alpha value is -3.37. The molecule has 0 amide bonds. The number of halogens is 1. The molecule has 2 aromatic carbocycles.